The molecule has 0 N–H and O–H groups in total. The molecule has 1 aliphatic carbocycles. The van der Waals surface area contributed by atoms with Crippen molar-refractivity contribution in [2.75, 3.05) is 19.6 Å². The van der Waals surface area contributed by atoms with Crippen molar-refractivity contribution in [3.8, 4) is 0 Å². The summed E-state index contributed by atoms with van der Waals surface area (Å²) in [6.07, 6.45) is 8.27. The highest BCUT2D eigenvalue weighted by Gasteiger charge is 2.36. The zero-order valence-electron chi connectivity index (χ0n) is 14.2. The van der Waals surface area contributed by atoms with E-state index in [9.17, 15) is 0 Å². The zero-order valence-corrected chi connectivity index (χ0v) is 14.9. The molecule has 0 radical (unpaired) electrons. The summed E-state index contributed by atoms with van der Waals surface area (Å²) < 4.78 is 0. The van der Waals surface area contributed by atoms with E-state index in [1.807, 2.05) is 0 Å². The molecule has 0 aromatic heterocycles. The fourth-order valence-electron chi connectivity index (χ4n) is 4.43. The van der Waals surface area contributed by atoms with Gasteiger partial charge < -0.3 is 4.90 Å². The Labute approximate surface area is 141 Å². The maximum atomic E-state index is 6.09. The summed E-state index contributed by atoms with van der Waals surface area (Å²) in [7, 11) is 0. The number of piperidine rings is 1. The van der Waals surface area contributed by atoms with Gasteiger partial charge in [0.25, 0.3) is 0 Å². The lowest BCUT2D eigenvalue weighted by atomic mass is 9.65. The maximum Gasteiger partial charge on any atom is 0.0406 e. The van der Waals surface area contributed by atoms with Gasteiger partial charge in [0.1, 0.15) is 0 Å². The third-order valence-corrected chi connectivity index (χ3v) is 6.02. The molecule has 1 saturated heterocycles. The zero-order chi connectivity index (χ0) is 15.6. The molecule has 0 amide bonds. The van der Waals surface area contributed by atoms with Gasteiger partial charge in [-0.15, -0.1) is 0 Å². The largest absolute Gasteiger partial charge is 0.303 e. The van der Waals surface area contributed by atoms with E-state index in [0.717, 1.165) is 10.9 Å². The molecule has 122 valence electrons. The highest BCUT2D eigenvalue weighted by Crippen LogP contribution is 2.47. The summed E-state index contributed by atoms with van der Waals surface area (Å²) in [4.78, 5) is 2.72. The van der Waals surface area contributed by atoms with E-state index in [0.29, 0.717) is 11.3 Å². The van der Waals surface area contributed by atoms with Gasteiger partial charge in [-0.05, 0) is 80.1 Å². The lowest BCUT2D eigenvalue weighted by molar-refractivity contribution is 0.111. The summed E-state index contributed by atoms with van der Waals surface area (Å²) in [6.45, 7) is 8.80. The fourth-order valence-corrected chi connectivity index (χ4v) is 4.56. The molecule has 1 aromatic rings. The van der Waals surface area contributed by atoms with Crippen LogP contribution in [0.4, 0.5) is 0 Å². The van der Waals surface area contributed by atoms with Gasteiger partial charge in [0.2, 0.25) is 0 Å². The van der Waals surface area contributed by atoms with Crippen LogP contribution in [-0.2, 0) is 0 Å². The van der Waals surface area contributed by atoms with Crippen LogP contribution in [0.15, 0.2) is 24.3 Å². The number of halogens is 1. The molecule has 1 aromatic carbocycles. The average Bonchev–Trinajstić information content (AvgIpc) is 2.51. The first-order valence-corrected chi connectivity index (χ1v) is 9.39. The summed E-state index contributed by atoms with van der Waals surface area (Å²) in [5.74, 6) is 1.51. The average molecular weight is 320 g/mol. The van der Waals surface area contributed by atoms with Gasteiger partial charge in [0.05, 0.1) is 0 Å². The lowest BCUT2D eigenvalue weighted by Gasteiger charge is -2.43. The van der Waals surface area contributed by atoms with Crippen LogP contribution in [0.5, 0.6) is 0 Å². The van der Waals surface area contributed by atoms with Crippen molar-refractivity contribution in [2.45, 2.75) is 58.3 Å². The van der Waals surface area contributed by atoms with Crippen LogP contribution in [-0.4, -0.2) is 24.5 Å². The molecule has 22 heavy (non-hydrogen) atoms. The van der Waals surface area contributed by atoms with E-state index in [1.165, 1.54) is 63.7 Å². The van der Waals surface area contributed by atoms with Crippen LogP contribution in [0.2, 0.25) is 5.02 Å². The highest BCUT2D eigenvalue weighted by molar-refractivity contribution is 6.30. The first-order chi connectivity index (χ1) is 10.5. The van der Waals surface area contributed by atoms with E-state index in [4.69, 9.17) is 11.6 Å². The van der Waals surface area contributed by atoms with Gasteiger partial charge in [-0.2, -0.15) is 0 Å². The monoisotopic (exact) mass is 319 g/mol. The second-order valence-corrected chi connectivity index (χ2v) is 8.62. The predicted octanol–water partition coefficient (Wildman–Crippen LogP) is 5.74. The number of nitrogens with zero attached hydrogens (tertiary/aromatic N) is 1. The molecule has 2 unspecified atom stereocenters. The minimum absolute atomic E-state index is 0.475. The lowest BCUT2D eigenvalue weighted by Crippen LogP contribution is -2.39. The standard InChI is InChI=1S/C20H30ClN/c1-20(2)11-10-17(15-22-12-4-3-5-13-22)19(14-20)16-6-8-18(21)9-7-16/h6-9,17,19H,3-5,10-15H2,1-2H3. The van der Waals surface area contributed by atoms with Crippen LogP contribution < -0.4 is 0 Å². The SMILES string of the molecule is CC1(C)CCC(CN2CCCCC2)C(c2ccc(Cl)cc2)C1. The van der Waals surface area contributed by atoms with Crippen molar-refractivity contribution in [1.82, 2.24) is 4.90 Å². The van der Waals surface area contributed by atoms with Gasteiger partial charge in [-0.1, -0.05) is 44.0 Å². The van der Waals surface area contributed by atoms with Crippen LogP contribution in [0, 0.1) is 11.3 Å². The second-order valence-electron chi connectivity index (χ2n) is 8.19. The van der Waals surface area contributed by atoms with Gasteiger partial charge in [-0.3, -0.25) is 0 Å². The smallest absolute Gasteiger partial charge is 0.0406 e. The van der Waals surface area contributed by atoms with Crippen LogP contribution in [0.3, 0.4) is 0 Å². The van der Waals surface area contributed by atoms with E-state index in [-0.39, 0.29) is 0 Å². The van der Waals surface area contributed by atoms with Crippen molar-refractivity contribution in [2.24, 2.45) is 11.3 Å². The van der Waals surface area contributed by atoms with Crippen LogP contribution in [0.1, 0.15) is 63.9 Å². The number of hydrogen-bond donors (Lipinski definition) is 0. The molecular weight excluding hydrogens is 290 g/mol. The molecule has 0 spiro atoms. The Kier molecular flexibility index (Phi) is 5.14. The molecule has 3 rings (SSSR count). The molecule has 0 bridgehead atoms. The molecule has 1 saturated carbocycles. The van der Waals surface area contributed by atoms with E-state index in [1.54, 1.807) is 0 Å². The number of benzene rings is 1. The summed E-state index contributed by atoms with van der Waals surface area (Å²) in [5.41, 5.74) is 1.97. The predicted molar refractivity (Wildman–Crippen MR) is 95.6 cm³/mol. The van der Waals surface area contributed by atoms with Gasteiger partial charge in [-0.25, -0.2) is 0 Å². The molecular formula is C20H30ClN. The normalized spacial score (nSPS) is 29.4. The highest BCUT2D eigenvalue weighted by atomic mass is 35.5. The maximum absolute atomic E-state index is 6.09. The quantitative estimate of drug-likeness (QED) is 0.687. The Morgan fingerprint density at radius 3 is 2.45 bits per heavy atom. The van der Waals surface area contributed by atoms with Crippen LogP contribution >= 0.6 is 11.6 Å². The Balaban J connectivity index is 1.75. The fraction of sp³-hybridized carbons (Fsp3) is 0.700. The van der Waals surface area contributed by atoms with E-state index < -0.39 is 0 Å². The topological polar surface area (TPSA) is 3.24 Å². The van der Waals surface area contributed by atoms with Crippen molar-refractivity contribution in [3.05, 3.63) is 34.9 Å². The van der Waals surface area contributed by atoms with Crippen molar-refractivity contribution < 1.29 is 0 Å². The van der Waals surface area contributed by atoms with Gasteiger partial charge >= 0.3 is 0 Å². The molecule has 1 aliphatic heterocycles. The minimum Gasteiger partial charge on any atom is -0.303 e. The van der Waals surface area contributed by atoms with Gasteiger partial charge in [0.15, 0.2) is 0 Å². The number of rotatable bonds is 3. The molecule has 1 nitrogen and oxygen atoms in total. The molecule has 1 heterocycles. The Hall–Kier alpha value is -0.530. The van der Waals surface area contributed by atoms with Gasteiger partial charge in [0, 0.05) is 11.6 Å². The summed E-state index contributed by atoms with van der Waals surface area (Å²) >= 11 is 6.09. The van der Waals surface area contributed by atoms with Crippen molar-refractivity contribution in [1.29, 1.82) is 0 Å². The molecule has 2 fully saturated rings. The number of hydrogen-bond acceptors (Lipinski definition) is 1. The summed E-state index contributed by atoms with van der Waals surface area (Å²) in [5, 5.41) is 0.853. The van der Waals surface area contributed by atoms with Crippen LogP contribution in [0.25, 0.3) is 0 Å². The Bertz CT molecular complexity index is 473. The minimum atomic E-state index is 0.475. The summed E-state index contributed by atoms with van der Waals surface area (Å²) in [6, 6.07) is 8.65. The van der Waals surface area contributed by atoms with E-state index in [2.05, 4.69) is 43.0 Å². The first kappa shape index (κ1) is 16.3. The second kappa shape index (κ2) is 6.93. The number of likely N-dealkylation sites (tertiary alicyclic amines) is 1. The third-order valence-electron chi connectivity index (χ3n) is 5.77. The first-order valence-electron chi connectivity index (χ1n) is 9.01. The van der Waals surface area contributed by atoms with E-state index >= 15 is 0 Å². The molecule has 2 aliphatic rings. The molecule has 2 atom stereocenters. The molecule has 2 heteroatoms. The third kappa shape index (κ3) is 4.06. The Morgan fingerprint density at radius 2 is 1.77 bits per heavy atom. The van der Waals surface area contributed by atoms with Crippen molar-refractivity contribution >= 4 is 11.6 Å². The Morgan fingerprint density at radius 1 is 1.09 bits per heavy atom. The van der Waals surface area contributed by atoms with Crippen molar-refractivity contribution in [3.63, 3.8) is 0 Å².